The summed E-state index contributed by atoms with van der Waals surface area (Å²) in [6.07, 6.45) is 3.85. The van der Waals surface area contributed by atoms with E-state index in [1.807, 2.05) is 0 Å². The van der Waals surface area contributed by atoms with E-state index in [1.165, 1.54) is 0 Å². The lowest BCUT2D eigenvalue weighted by Crippen LogP contribution is -2.49. The zero-order chi connectivity index (χ0) is 19.6. The predicted octanol–water partition coefficient (Wildman–Crippen LogP) is 1.56. The number of hydrogen-bond donors (Lipinski definition) is 3. The van der Waals surface area contributed by atoms with E-state index in [0.717, 1.165) is 37.8 Å². The van der Waals surface area contributed by atoms with Crippen LogP contribution in [-0.2, 0) is 9.59 Å². The molecule has 0 radical (unpaired) electrons. The second kappa shape index (κ2) is 7.99. The van der Waals surface area contributed by atoms with Gasteiger partial charge in [0.25, 0.3) is 5.91 Å². The molecule has 7 nitrogen and oxygen atoms in total. The van der Waals surface area contributed by atoms with Gasteiger partial charge in [0.1, 0.15) is 17.7 Å². The van der Waals surface area contributed by atoms with Crippen molar-refractivity contribution in [2.24, 2.45) is 5.73 Å². The van der Waals surface area contributed by atoms with Crippen LogP contribution in [0.5, 0.6) is 0 Å². The topological polar surface area (TPSA) is 105 Å². The molecule has 3 rings (SSSR count). The summed E-state index contributed by atoms with van der Waals surface area (Å²) in [5.41, 5.74) is 5.68. The maximum absolute atomic E-state index is 13.9. The van der Waals surface area contributed by atoms with Gasteiger partial charge in [-0.3, -0.25) is 9.59 Å². The van der Waals surface area contributed by atoms with Crippen molar-refractivity contribution < 1.29 is 23.2 Å². The van der Waals surface area contributed by atoms with Crippen LogP contribution in [0.15, 0.2) is 18.2 Å². The fraction of sp³-hybridized carbons (Fsp3) is 0.500. The Bertz CT molecular complexity index is 758. The van der Waals surface area contributed by atoms with E-state index >= 15 is 0 Å². The average Bonchev–Trinajstić information content (AvgIpc) is 2.89. The van der Waals surface area contributed by atoms with Crippen LogP contribution >= 0.6 is 0 Å². The molecule has 1 aromatic carbocycles. The molecule has 2 aliphatic rings. The van der Waals surface area contributed by atoms with Crippen molar-refractivity contribution in [3.63, 3.8) is 0 Å². The molecule has 0 unspecified atom stereocenters. The molecular weight excluding hydrogens is 358 g/mol. The summed E-state index contributed by atoms with van der Waals surface area (Å²) in [6.45, 7) is 0. The molecule has 27 heavy (non-hydrogen) atoms. The SMILES string of the molecule is N[C@@H]1CCCC[C@H]1NC(=O)CC[C@H]1NC(=O)N(c2ccc(F)cc2F)C1=O. The summed E-state index contributed by atoms with van der Waals surface area (Å²) in [5.74, 6) is -2.74. The van der Waals surface area contributed by atoms with Gasteiger partial charge >= 0.3 is 6.03 Å². The van der Waals surface area contributed by atoms with Crippen LogP contribution in [0, 0.1) is 11.6 Å². The van der Waals surface area contributed by atoms with Gasteiger partial charge in [0.2, 0.25) is 5.91 Å². The number of imide groups is 1. The first-order chi connectivity index (χ1) is 12.9. The van der Waals surface area contributed by atoms with Crippen LogP contribution in [0.2, 0.25) is 0 Å². The Morgan fingerprint density at radius 3 is 2.70 bits per heavy atom. The van der Waals surface area contributed by atoms with Gasteiger partial charge in [-0.15, -0.1) is 0 Å². The van der Waals surface area contributed by atoms with Gasteiger partial charge in [-0.05, 0) is 31.4 Å². The monoisotopic (exact) mass is 380 g/mol. The van der Waals surface area contributed by atoms with Crippen molar-refractivity contribution >= 4 is 23.5 Å². The number of benzene rings is 1. The number of nitrogens with one attached hydrogen (secondary N) is 2. The zero-order valence-corrected chi connectivity index (χ0v) is 14.7. The molecule has 1 heterocycles. The van der Waals surface area contributed by atoms with E-state index < -0.39 is 29.6 Å². The average molecular weight is 380 g/mol. The summed E-state index contributed by atoms with van der Waals surface area (Å²) in [7, 11) is 0. The van der Waals surface area contributed by atoms with E-state index in [1.54, 1.807) is 0 Å². The number of rotatable bonds is 5. The Balaban J connectivity index is 1.58. The first kappa shape index (κ1) is 19.2. The normalized spacial score (nSPS) is 25.4. The third-order valence-electron chi connectivity index (χ3n) is 5.00. The van der Waals surface area contributed by atoms with E-state index in [2.05, 4.69) is 10.6 Å². The molecule has 1 aliphatic carbocycles. The lowest BCUT2D eigenvalue weighted by molar-refractivity contribution is -0.122. The van der Waals surface area contributed by atoms with Gasteiger partial charge in [-0.25, -0.2) is 18.5 Å². The van der Waals surface area contributed by atoms with Gasteiger partial charge in [-0.1, -0.05) is 12.8 Å². The number of nitrogens with two attached hydrogens (primary N) is 1. The van der Waals surface area contributed by atoms with E-state index in [0.29, 0.717) is 11.0 Å². The van der Waals surface area contributed by atoms with E-state index in [-0.39, 0.29) is 36.5 Å². The van der Waals surface area contributed by atoms with Gasteiger partial charge in [0, 0.05) is 24.6 Å². The molecule has 0 aromatic heterocycles. The minimum atomic E-state index is -1.01. The number of halogens is 2. The van der Waals surface area contributed by atoms with Gasteiger partial charge < -0.3 is 16.4 Å². The number of carbonyl (C=O) groups excluding carboxylic acids is 3. The van der Waals surface area contributed by atoms with Crippen molar-refractivity contribution in [3.8, 4) is 0 Å². The molecule has 9 heteroatoms. The summed E-state index contributed by atoms with van der Waals surface area (Å²) < 4.78 is 26.9. The minimum Gasteiger partial charge on any atom is -0.352 e. The summed E-state index contributed by atoms with van der Waals surface area (Å²) in [5, 5.41) is 5.31. The number of anilines is 1. The van der Waals surface area contributed by atoms with Crippen molar-refractivity contribution in [3.05, 3.63) is 29.8 Å². The summed E-state index contributed by atoms with van der Waals surface area (Å²) >= 11 is 0. The molecule has 1 aromatic rings. The van der Waals surface area contributed by atoms with Gasteiger partial charge in [0.15, 0.2) is 0 Å². The Morgan fingerprint density at radius 2 is 2.00 bits per heavy atom. The molecule has 3 atom stereocenters. The highest BCUT2D eigenvalue weighted by Gasteiger charge is 2.40. The van der Waals surface area contributed by atoms with Crippen LogP contribution in [0.1, 0.15) is 38.5 Å². The predicted molar refractivity (Wildman–Crippen MR) is 93.8 cm³/mol. The summed E-state index contributed by atoms with van der Waals surface area (Å²) in [6, 6.07) is 0.703. The van der Waals surface area contributed by atoms with Crippen molar-refractivity contribution in [1.29, 1.82) is 0 Å². The third kappa shape index (κ3) is 4.24. The van der Waals surface area contributed by atoms with Crippen molar-refractivity contribution in [2.75, 3.05) is 4.90 Å². The lowest BCUT2D eigenvalue weighted by Gasteiger charge is -2.29. The number of hydrogen-bond acceptors (Lipinski definition) is 4. The zero-order valence-electron chi connectivity index (χ0n) is 14.7. The molecule has 0 spiro atoms. The highest BCUT2D eigenvalue weighted by Crippen LogP contribution is 2.25. The number of nitrogens with zero attached hydrogens (tertiary/aromatic N) is 1. The second-order valence-corrected chi connectivity index (χ2v) is 6.93. The third-order valence-corrected chi connectivity index (χ3v) is 5.00. The first-order valence-electron chi connectivity index (χ1n) is 9.01. The lowest BCUT2D eigenvalue weighted by atomic mass is 9.91. The van der Waals surface area contributed by atoms with Gasteiger partial charge in [0.05, 0.1) is 5.69 Å². The standard InChI is InChI=1S/C18H22F2N4O3/c19-10-5-7-15(11(20)9-10)24-17(26)14(23-18(24)27)6-8-16(25)22-13-4-2-1-3-12(13)21/h5,7,9,12-14H,1-4,6,8,21H2,(H,22,25)(H,23,27)/t12-,13-,14-/m1/s1. The molecule has 2 fully saturated rings. The maximum Gasteiger partial charge on any atom is 0.329 e. The van der Waals surface area contributed by atoms with Crippen LogP contribution < -0.4 is 21.3 Å². The summed E-state index contributed by atoms with van der Waals surface area (Å²) in [4.78, 5) is 37.3. The van der Waals surface area contributed by atoms with Crippen LogP contribution in [0.3, 0.4) is 0 Å². The Kier molecular flexibility index (Phi) is 5.69. The Morgan fingerprint density at radius 1 is 1.26 bits per heavy atom. The Labute approximate surface area is 155 Å². The Hall–Kier alpha value is -2.55. The smallest absolute Gasteiger partial charge is 0.329 e. The molecule has 1 aliphatic heterocycles. The first-order valence-corrected chi connectivity index (χ1v) is 9.01. The van der Waals surface area contributed by atoms with E-state index in [4.69, 9.17) is 5.73 Å². The minimum absolute atomic E-state index is 0.0274. The fourth-order valence-corrected chi connectivity index (χ4v) is 3.51. The molecular formula is C18H22F2N4O3. The van der Waals surface area contributed by atoms with Crippen LogP contribution in [0.4, 0.5) is 19.3 Å². The highest BCUT2D eigenvalue weighted by atomic mass is 19.1. The van der Waals surface area contributed by atoms with Gasteiger partial charge in [-0.2, -0.15) is 0 Å². The fourth-order valence-electron chi connectivity index (χ4n) is 3.51. The number of urea groups is 1. The molecule has 1 saturated heterocycles. The van der Waals surface area contributed by atoms with Crippen LogP contribution in [-0.4, -0.2) is 36.0 Å². The molecule has 1 saturated carbocycles. The van der Waals surface area contributed by atoms with Crippen molar-refractivity contribution in [1.82, 2.24) is 10.6 Å². The highest BCUT2D eigenvalue weighted by molar-refractivity contribution is 6.21. The largest absolute Gasteiger partial charge is 0.352 e. The second-order valence-electron chi connectivity index (χ2n) is 6.93. The molecule has 4 N–H and O–H groups in total. The van der Waals surface area contributed by atoms with Crippen LogP contribution in [0.25, 0.3) is 0 Å². The quantitative estimate of drug-likeness (QED) is 0.674. The number of amides is 4. The van der Waals surface area contributed by atoms with E-state index in [9.17, 15) is 23.2 Å². The molecule has 4 amide bonds. The maximum atomic E-state index is 13.9. The molecule has 146 valence electrons. The number of carbonyl (C=O) groups is 3. The molecule has 0 bridgehead atoms. The van der Waals surface area contributed by atoms with Crippen molar-refractivity contribution in [2.45, 2.75) is 56.7 Å².